The van der Waals surface area contributed by atoms with E-state index in [1.807, 2.05) is 45.9 Å². The van der Waals surface area contributed by atoms with Gasteiger partial charge in [0.25, 0.3) is 0 Å². The summed E-state index contributed by atoms with van der Waals surface area (Å²) in [5, 5.41) is 0. The number of hydrogen-bond acceptors (Lipinski definition) is 1. The largest absolute Gasteiger partial charge is 0.295 e. The fraction of sp³-hybridized carbons (Fsp3) is 0.417. The molecule has 0 spiro atoms. The molecule has 72 valence electrons. The van der Waals surface area contributed by atoms with Crippen LogP contribution in [0.4, 0.5) is 0 Å². The minimum Gasteiger partial charge on any atom is -0.295 e. The van der Waals surface area contributed by atoms with Gasteiger partial charge in [0.2, 0.25) is 0 Å². The highest BCUT2D eigenvalue weighted by Crippen LogP contribution is 2.09. The molecule has 0 fully saturated rings. The molecular formula is C12H18O. The van der Waals surface area contributed by atoms with Crippen LogP contribution in [-0.2, 0) is 0 Å². The third-order valence-electron chi connectivity index (χ3n) is 1.91. The first-order chi connectivity index (χ1) is 6.11. The van der Waals surface area contributed by atoms with E-state index in [1.54, 1.807) is 6.92 Å². The van der Waals surface area contributed by atoms with Crippen molar-refractivity contribution in [3.8, 4) is 0 Å². The van der Waals surface area contributed by atoms with Gasteiger partial charge in [-0.3, -0.25) is 4.79 Å². The molecule has 0 saturated carbocycles. The van der Waals surface area contributed by atoms with Crippen LogP contribution in [0.2, 0.25) is 0 Å². The van der Waals surface area contributed by atoms with E-state index in [1.165, 1.54) is 11.1 Å². The van der Waals surface area contributed by atoms with Crippen LogP contribution >= 0.6 is 0 Å². The molecule has 0 amide bonds. The number of aryl methyl sites for hydroxylation is 2. The van der Waals surface area contributed by atoms with Gasteiger partial charge < -0.3 is 0 Å². The molecule has 0 aromatic heterocycles. The van der Waals surface area contributed by atoms with Crippen molar-refractivity contribution in [2.45, 2.75) is 34.6 Å². The van der Waals surface area contributed by atoms with E-state index in [0.717, 1.165) is 5.56 Å². The van der Waals surface area contributed by atoms with E-state index < -0.39 is 0 Å². The average Bonchev–Trinajstić information content (AvgIpc) is 2.13. The number of Topliss-reactive ketones (excluding diaryl/α,β-unsaturated/α-hetero) is 1. The van der Waals surface area contributed by atoms with Crippen molar-refractivity contribution in [3.05, 3.63) is 34.9 Å². The predicted octanol–water partition coefficient (Wildman–Crippen LogP) is 3.53. The Hall–Kier alpha value is -1.11. The predicted molar refractivity (Wildman–Crippen MR) is 57.3 cm³/mol. The van der Waals surface area contributed by atoms with Crippen molar-refractivity contribution in [3.63, 3.8) is 0 Å². The summed E-state index contributed by atoms with van der Waals surface area (Å²) in [7, 11) is 0. The Morgan fingerprint density at radius 2 is 1.62 bits per heavy atom. The normalized spacial score (nSPS) is 8.69. The summed E-state index contributed by atoms with van der Waals surface area (Å²) in [6.07, 6.45) is 0. The van der Waals surface area contributed by atoms with Crippen LogP contribution in [0.15, 0.2) is 18.2 Å². The molecule has 1 nitrogen and oxygen atoms in total. The minimum absolute atomic E-state index is 0.133. The summed E-state index contributed by atoms with van der Waals surface area (Å²) in [4.78, 5) is 10.9. The fourth-order valence-electron chi connectivity index (χ4n) is 0.960. The lowest BCUT2D eigenvalue weighted by molar-refractivity contribution is 0.101. The molecule has 0 unspecified atom stereocenters. The summed E-state index contributed by atoms with van der Waals surface area (Å²) in [6.45, 7) is 9.64. The lowest BCUT2D eigenvalue weighted by atomic mass is 10.0. The topological polar surface area (TPSA) is 17.1 Å². The quantitative estimate of drug-likeness (QED) is 0.601. The van der Waals surface area contributed by atoms with E-state index in [0.29, 0.717) is 0 Å². The van der Waals surface area contributed by atoms with Crippen LogP contribution in [0.1, 0.15) is 42.3 Å². The molecule has 0 saturated heterocycles. The van der Waals surface area contributed by atoms with Gasteiger partial charge in [-0.25, -0.2) is 0 Å². The molecule has 0 bridgehead atoms. The smallest absolute Gasteiger partial charge is 0.159 e. The van der Waals surface area contributed by atoms with Crippen LogP contribution in [0.25, 0.3) is 0 Å². The van der Waals surface area contributed by atoms with Crippen molar-refractivity contribution in [1.82, 2.24) is 0 Å². The zero-order valence-electron chi connectivity index (χ0n) is 9.14. The summed E-state index contributed by atoms with van der Waals surface area (Å²) in [5.74, 6) is 0.133. The number of rotatable bonds is 1. The van der Waals surface area contributed by atoms with Crippen LogP contribution in [0.3, 0.4) is 0 Å². The molecule has 0 aliphatic heterocycles. The van der Waals surface area contributed by atoms with Crippen molar-refractivity contribution in [2.75, 3.05) is 0 Å². The van der Waals surface area contributed by atoms with Gasteiger partial charge in [0.1, 0.15) is 0 Å². The van der Waals surface area contributed by atoms with Gasteiger partial charge >= 0.3 is 0 Å². The third-order valence-corrected chi connectivity index (χ3v) is 1.91. The lowest BCUT2D eigenvalue weighted by Crippen LogP contribution is -1.93. The van der Waals surface area contributed by atoms with Gasteiger partial charge in [-0.2, -0.15) is 0 Å². The highest BCUT2D eigenvalue weighted by Gasteiger charge is 1.99. The van der Waals surface area contributed by atoms with Crippen molar-refractivity contribution in [1.29, 1.82) is 0 Å². The molecule has 1 rings (SSSR count). The Kier molecular flexibility index (Phi) is 5.05. The Bertz CT molecular complexity index is 287. The van der Waals surface area contributed by atoms with Gasteiger partial charge in [-0.15, -0.1) is 0 Å². The Balaban J connectivity index is 0.000000671. The first kappa shape index (κ1) is 11.9. The van der Waals surface area contributed by atoms with Crippen LogP contribution < -0.4 is 0 Å². The van der Waals surface area contributed by atoms with Crippen molar-refractivity contribution < 1.29 is 4.79 Å². The first-order valence-corrected chi connectivity index (χ1v) is 4.69. The number of benzene rings is 1. The average molecular weight is 178 g/mol. The second-order valence-corrected chi connectivity index (χ2v) is 2.86. The SMILES string of the molecule is CC.CC(=O)c1ccc(C)c(C)c1. The molecule has 1 heteroatoms. The van der Waals surface area contributed by atoms with Gasteiger partial charge in [0.05, 0.1) is 0 Å². The summed E-state index contributed by atoms with van der Waals surface area (Å²) in [5.41, 5.74) is 3.21. The number of hydrogen-bond donors (Lipinski definition) is 0. The molecule has 13 heavy (non-hydrogen) atoms. The van der Waals surface area contributed by atoms with E-state index in [2.05, 4.69) is 0 Å². The molecule has 0 atom stereocenters. The maximum atomic E-state index is 10.9. The van der Waals surface area contributed by atoms with E-state index >= 15 is 0 Å². The summed E-state index contributed by atoms with van der Waals surface area (Å²) < 4.78 is 0. The molecule has 0 aliphatic carbocycles. The lowest BCUT2D eigenvalue weighted by Gasteiger charge is -2.00. The van der Waals surface area contributed by atoms with E-state index in [4.69, 9.17) is 0 Å². The van der Waals surface area contributed by atoms with Crippen LogP contribution in [0.5, 0.6) is 0 Å². The Morgan fingerprint density at radius 1 is 1.08 bits per heavy atom. The number of ketones is 1. The Labute approximate surface area is 80.8 Å². The minimum atomic E-state index is 0.133. The maximum Gasteiger partial charge on any atom is 0.159 e. The Morgan fingerprint density at radius 3 is 2.00 bits per heavy atom. The van der Waals surface area contributed by atoms with E-state index in [9.17, 15) is 4.79 Å². The van der Waals surface area contributed by atoms with Gasteiger partial charge in [0, 0.05) is 5.56 Å². The second kappa shape index (κ2) is 5.52. The maximum absolute atomic E-state index is 10.9. The number of carbonyl (C=O) groups excluding carboxylic acids is 1. The second-order valence-electron chi connectivity index (χ2n) is 2.86. The molecule has 0 heterocycles. The van der Waals surface area contributed by atoms with Crippen molar-refractivity contribution >= 4 is 5.78 Å². The highest BCUT2D eigenvalue weighted by molar-refractivity contribution is 5.94. The van der Waals surface area contributed by atoms with Gasteiger partial charge in [-0.1, -0.05) is 26.0 Å². The summed E-state index contributed by atoms with van der Waals surface area (Å²) >= 11 is 0. The van der Waals surface area contributed by atoms with Gasteiger partial charge in [-0.05, 0) is 38.0 Å². The third kappa shape index (κ3) is 3.41. The van der Waals surface area contributed by atoms with Crippen LogP contribution in [-0.4, -0.2) is 5.78 Å². The molecule has 1 aromatic rings. The van der Waals surface area contributed by atoms with Crippen molar-refractivity contribution in [2.24, 2.45) is 0 Å². The fourth-order valence-corrected chi connectivity index (χ4v) is 0.960. The monoisotopic (exact) mass is 178 g/mol. The molecule has 0 radical (unpaired) electrons. The summed E-state index contributed by atoms with van der Waals surface area (Å²) in [6, 6.07) is 5.77. The molecule has 1 aromatic carbocycles. The van der Waals surface area contributed by atoms with E-state index in [-0.39, 0.29) is 5.78 Å². The zero-order valence-corrected chi connectivity index (χ0v) is 9.14. The van der Waals surface area contributed by atoms with Gasteiger partial charge in [0.15, 0.2) is 5.78 Å². The first-order valence-electron chi connectivity index (χ1n) is 4.69. The molecular weight excluding hydrogens is 160 g/mol. The van der Waals surface area contributed by atoms with Crippen LogP contribution in [0, 0.1) is 13.8 Å². The molecule has 0 N–H and O–H groups in total. The number of carbonyl (C=O) groups is 1. The zero-order chi connectivity index (χ0) is 10.4. The molecule has 0 aliphatic rings. The highest BCUT2D eigenvalue weighted by atomic mass is 16.1. The standard InChI is InChI=1S/C10H12O.C2H6/c1-7-4-5-10(9(3)11)6-8(7)2;1-2/h4-6H,1-3H3;1-2H3.